The van der Waals surface area contributed by atoms with Crippen LogP contribution in [0, 0.1) is 11.3 Å². The highest BCUT2D eigenvalue weighted by Crippen LogP contribution is 2.23. The van der Waals surface area contributed by atoms with Crippen LogP contribution in [-0.4, -0.2) is 31.4 Å². The van der Waals surface area contributed by atoms with Crippen LogP contribution in [0.15, 0.2) is 54.6 Å². The lowest BCUT2D eigenvalue weighted by Crippen LogP contribution is -2.35. The number of carbonyl (C=O) groups excluding carboxylic acids is 1. The average Bonchev–Trinajstić information content (AvgIpc) is 2.61. The van der Waals surface area contributed by atoms with Gasteiger partial charge in [0.25, 0.3) is 0 Å². The number of anilines is 1. The molecule has 2 aromatic rings. The lowest BCUT2D eigenvalue weighted by Gasteiger charge is -2.27. The number of hydrogen-bond donors (Lipinski definition) is 1. The second-order valence-corrected chi connectivity index (χ2v) is 7.89. The molecule has 0 aliphatic carbocycles. The Hall–Kier alpha value is -2.69. The summed E-state index contributed by atoms with van der Waals surface area (Å²) in [6.07, 6.45) is 1.15. The number of rotatable bonds is 7. The first kappa shape index (κ1) is 19.6. The molecular weight excluding hydrogens is 350 g/mol. The molecule has 0 radical (unpaired) electrons. The maximum absolute atomic E-state index is 12.2. The van der Waals surface area contributed by atoms with E-state index in [-0.39, 0.29) is 24.9 Å². The molecule has 0 saturated carbocycles. The van der Waals surface area contributed by atoms with Crippen molar-refractivity contribution in [1.29, 1.82) is 5.26 Å². The van der Waals surface area contributed by atoms with Crippen molar-refractivity contribution in [3.05, 3.63) is 65.7 Å². The van der Waals surface area contributed by atoms with Crippen LogP contribution in [0.3, 0.4) is 0 Å². The van der Waals surface area contributed by atoms with Crippen LogP contribution in [-0.2, 0) is 14.8 Å². The molecule has 0 aliphatic rings. The predicted molar refractivity (Wildman–Crippen MR) is 101 cm³/mol. The summed E-state index contributed by atoms with van der Waals surface area (Å²) in [5, 5.41) is 11.6. The Morgan fingerprint density at radius 3 is 2.50 bits per heavy atom. The van der Waals surface area contributed by atoms with Gasteiger partial charge >= 0.3 is 0 Å². The topological polar surface area (TPSA) is 90.3 Å². The van der Waals surface area contributed by atoms with Gasteiger partial charge in [-0.1, -0.05) is 36.4 Å². The standard InChI is InChI=1S/C19H21N3O3S/c1-15(17-8-4-3-5-9-17)22(26(2,24)25)12-11-19(23)21-18-10-6-7-16(13-18)14-20/h3-10,13,15H,11-12H2,1-2H3,(H,21,23). The lowest BCUT2D eigenvalue weighted by molar-refractivity contribution is -0.116. The van der Waals surface area contributed by atoms with Gasteiger partial charge in [0.05, 0.1) is 17.9 Å². The van der Waals surface area contributed by atoms with Crippen molar-refractivity contribution in [2.24, 2.45) is 0 Å². The molecule has 1 unspecified atom stereocenters. The van der Waals surface area contributed by atoms with Gasteiger partial charge in [0.1, 0.15) is 0 Å². The van der Waals surface area contributed by atoms with E-state index < -0.39 is 10.0 Å². The smallest absolute Gasteiger partial charge is 0.225 e. The maximum atomic E-state index is 12.2. The highest BCUT2D eigenvalue weighted by molar-refractivity contribution is 7.88. The Labute approximate surface area is 154 Å². The molecule has 0 bridgehead atoms. The Bertz CT molecular complexity index is 905. The van der Waals surface area contributed by atoms with Crippen molar-refractivity contribution in [2.75, 3.05) is 18.1 Å². The third-order valence-electron chi connectivity index (χ3n) is 3.97. The summed E-state index contributed by atoms with van der Waals surface area (Å²) >= 11 is 0. The first-order valence-corrected chi connectivity index (χ1v) is 9.98. The Balaban J connectivity index is 2.05. The van der Waals surface area contributed by atoms with Gasteiger partial charge in [0.2, 0.25) is 15.9 Å². The second kappa shape index (κ2) is 8.61. The van der Waals surface area contributed by atoms with E-state index in [1.54, 1.807) is 31.2 Å². The summed E-state index contributed by atoms with van der Waals surface area (Å²) in [7, 11) is -3.48. The van der Waals surface area contributed by atoms with Gasteiger partial charge in [-0.15, -0.1) is 0 Å². The monoisotopic (exact) mass is 371 g/mol. The first-order valence-electron chi connectivity index (χ1n) is 8.13. The fourth-order valence-electron chi connectivity index (χ4n) is 2.65. The van der Waals surface area contributed by atoms with Crippen LogP contribution in [0.25, 0.3) is 0 Å². The van der Waals surface area contributed by atoms with Crippen molar-refractivity contribution in [3.8, 4) is 6.07 Å². The zero-order valence-electron chi connectivity index (χ0n) is 14.7. The highest BCUT2D eigenvalue weighted by atomic mass is 32.2. The van der Waals surface area contributed by atoms with Crippen LogP contribution in [0.1, 0.15) is 30.5 Å². The van der Waals surface area contributed by atoms with E-state index in [0.717, 1.165) is 11.8 Å². The van der Waals surface area contributed by atoms with E-state index in [1.807, 2.05) is 36.4 Å². The summed E-state index contributed by atoms with van der Waals surface area (Å²) in [6.45, 7) is 1.86. The molecule has 6 nitrogen and oxygen atoms in total. The number of amides is 1. The zero-order valence-corrected chi connectivity index (χ0v) is 15.5. The van der Waals surface area contributed by atoms with Crippen molar-refractivity contribution in [1.82, 2.24) is 4.31 Å². The van der Waals surface area contributed by atoms with Crippen LogP contribution in [0.5, 0.6) is 0 Å². The SMILES string of the molecule is CC(c1ccccc1)N(CCC(=O)Nc1cccc(C#N)c1)S(C)(=O)=O. The molecule has 0 aromatic heterocycles. The van der Waals surface area contributed by atoms with Gasteiger partial charge in [-0.05, 0) is 30.7 Å². The molecule has 2 rings (SSSR count). The quantitative estimate of drug-likeness (QED) is 0.810. The predicted octanol–water partition coefficient (Wildman–Crippen LogP) is 2.91. The molecule has 1 atom stereocenters. The third-order valence-corrected chi connectivity index (χ3v) is 5.33. The van der Waals surface area contributed by atoms with E-state index >= 15 is 0 Å². The average molecular weight is 371 g/mol. The summed E-state index contributed by atoms with van der Waals surface area (Å²) in [4.78, 5) is 12.2. The fraction of sp³-hybridized carbons (Fsp3) is 0.263. The van der Waals surface area contributed by atoms with Gasteiger partial charge in [0, 0.05) is 24.7 Å². The zero-order chi connectivity index (χ0) is 19.2. The van der Waals surface area contributed by atoms with Gasteiger partial charge in [0.15, 0.2) is 0 Å². The molecule has 7 heteroatoms. The number of nitrogens with zero attached hydrogens (tertiary/aromatic N) is 2. The molecule has 26 heavy (non-hydrogen) atoms. The van der Waals surface area contributed by atoms with E-state index in [2.05, 4.69) is 5.32 Å². The fourth-order valence-corrected chi connectivity index (χ4v) is 3.77. The third kappa shape index (κ3) is 5.41. The minimum atomic E-state index is -3.48. The van der Waals surface area contributed by atoms with Crippen LogP contribution in [0.4, 0.5) is 5.69 Å². The number of nitriles is 1. The molecule has 0 aliphatic heterocycles. The normalized spacial score (nSPS) is 12.4. The summed E-state index contributed by atoms with van der Waals surface area (Å²) in [5.41, 5.74) is 1.81. The number of benzene rings is 2. The largest absolute Gasteiger partial charge is 0.326 e. The second-order valence-electron chi connectivity index (χ2n) is 5.95. The van der Waals surface area contributed by atoms with Crippen molar-refractivity contribution < 1.29 is 13.2 Å². The van der Waals surface area contributed by atoms with Crippen LogP contribution >= 0.6 is 0 Å². The Morgan fingerprint density at radius 2 is 1.88 bits per heavy atom. The van der Waals surface area contributed by atoms with E-state index in [4.69, 9.17) is 5.26 Å². The summed E-state index contributed by atoms with van der Waals surface area (Å²) < 4.78 is 25.6. The van der Waals surface area contributed by atoms with Crippen molar-refractivity contribution in [2.45, 2.75) is 19.4 Å². The van der Waals surface area contributed by atoms with Crippen molar-refractivity contribution in [3.63, 3.8) is 0 Å². The van der Waals surface area contributed by atoms with Gasteiger partial charge in [-0.3, -0.25) is 4.79 Å². The number of nitrogens with one attached hydrogen (secondary N) is 1. The molecule has 2 aromatic carbocycles. The van der Waals surface area contributed by atoms with E-state index in [9.17, 15) is 13.2 Å². The first-order chi connectivity index (χ1) is 12.3. The molecule has 0 saturated heterocycles. The Kier molecular flexibility index (Phi) is 6.50. The minimum Gasteiger partial charge on any atom is -0.326 e. The van der Waals surface area contributed by atoms with E-state index in [0.29, 0.717) is 11.3 Å². The van der Waals surface area contributed by atoms with Crippen molar-refractivity contribution >= 4 is 21.6 Å². The number of carbonyl (C=O) groups is 1. The van der Waals surface area contributed by atoms with Crippen LogP contribution in [0.2, 0.25) is 0 Å². The number of hydrogen-bond acceptors (Lipinski definition) is 4. The van der Waals surface area contributed by atoms with E-state index in [1.165, 1.54) is 4.31 Å². The minimum absolute atomic E-state index is 0.0149. The highest BCUT2D eigenvalue weighted by Gasteiger charge is 2.25. The number of sulfonamides is 1. The molecule has 1 N–H and O–H groups in total. The molecule has 136 valence electrons. The molecule has 0 spiro atoms. The molecule has 1 amide bonds. The maximum Gasteiger partial charge on any atom is 0.225 e. The molecular formula is C19H21N3O3S. The Morgan fingerprint density at radius 1 is 1.19 bits per heavy atom. The molecule has 0 heterocycles. The van der Waals surface area contributed by atoms with Crippen LogP contribution < -0.4 is 5.32 Å². The van der Waals surface area contributed by atoms with Gasteiger partial charge in [-0.25, -0.2) is 8.42 Å². The lowest BCUT2D eigenvalue weighted by atomic mass is 10.1. The summed E-state index contributed by atoms with van der Waals surface area (Å²) in [5.74, 6) is -0.311. The van der Waals surface area contributed by atoms with Gasteiger partial charge < -0.3 is 5.32 Å². The molecule has 0 fully saturated rings. The van der Waals surface area contributed by atoms with Gasteiger partial charge in [-0.2, -0.15) is 9.57 Å². The summed E-state index contributed by atoms with van der Waals surface area (Å²) in [6, 6.07) is 17.5.